The Morgan fingerprint density at radius 2 is 2.00 bits per heavy atom. The van der Waals surface area contributed by atoms with Crippen molar-refractivity contribution in [2.75, 3.05) is 18.4 Å². The molecular weight excluding hydrogens is 290 g/mol. The maximum absolute atomic E-state index is 12.4. The molecule has 23 heavy (non-hydrogen) atoms. The number of benzene rings is 1. The molecule has 1 amide bonds. The molecule has 2 heterocycles. The van der Waals surface area contributed by atoms with Crippen LogP contribution in [0.1, 0.15) is 46.4 Å². The van der Waals surface area contributed by atoms with Crippen LogP contribution in [0.2, 0.25) is 0 Å². The monoisotopic (exact) mass is 315 g/mol. The number of oxazole rings is 1. The molecule has 124 valence electrons. The molecule has 5 nitrogen and oxygen atoms in total. The van der Waals surface area contributed by atoms with Gasteiger partial charge in [-0.25, -0.2) is 4.98 Å². The average Bonchev–Trinajstić information content (AvgIpc) is 3.14. The smallest absolute Gasteiger partial charge is 0.244 e. The van der Waals surface area contributed by atoms with E-state index in [1.165, 1.54) is 0 Å². The molecule has 0 aliphatic carbocycles. The Hall–Kier alpha value is -2.04. The summed E-state index contributed by atoms with van der Waals surface area (Å²) in [5.41, 5.74) is 2.37. The predicted octanol–water partition coefficient (Wildman–Crippen LogP) is 3.55. The number of nitrogens with zero attached hydrogens (tertiary/aromatic N) is 2. The van der Waals surface area contributed by atoms with Gasteiger partial charge in [0.1, 0.15) is 11.6 Å². The maximum Gasteiger partial charge on any atom is 0.244 e. The number of rotatable bonds is 3. The van der Waals surface area contributed by atoms with E-state index in [2.05, 4.69) is 31.1 Å². The van der Waals surface area contributed by atoms with Gasteiger partial charge in [0.2, 0.25) is 11.8 Å². The largest absolute Gasteiger partial charge is 0.440 e. The molecule has 3 rings (SSSR count). The van der Waals surface area contributed by atoms with Crippen molar-refractivity contribution in [1.29, 1.82) is 0 Å². The minimum absolute atomic E-state index is 0.119. The SMILES string of the molecule is C[C@@H](Nc1ccc2oc(C(C)(C)C)nc2c1)C(=O)N1CCCC1. The second-order valence-corrected chi connectivity index (χ2v) is 7.35. The highest BCUT2D eigenvalue weighted by Crippen LogP contribution is 2.27. The number of aromatic nitrogens is 1. The first-order chi connectivity index (χ1) is 10.8. The van der Waals surface area contributed by atoms with Gasteiger partial charge < -0.3 is 14.6 Å². The molecule has 1 fully saturated rings. The molecule has 1 aromatic heterocycles. The normalized spacial score (nSPS) is 16.8. The molecule has 1 N–H and O–H groups in total. The minimum atomic E-state index is -0.237. The number of carbonyl (C=O) groups is 1. The summed E-state index contributed by atoms with van der Waals surface area (Å²) in [4.78, 5) is 18.9. The van der Waals surface area contributed by atoms with Gasteiger partial charge in [-0.05, 0) is 38.0 Å². The van der Waals surface area contributed by atoms with E-state index < -0.39 is 0 Å². The molecule has 1 aliphatic rings. The lowest BCUT2D eigenvalue weighted by molar-refractivity contribution is -0.130. The van der Waals surface area contributed by atoms with Gasteiger partial charge in [0, 0.05) is 24.2 Å². The van der Waals surface area contributed by atoms with E-state index in [4.69, 9.17) is 4.42 Å². The molecule has 0 saturated carbocycles. The number of fused-ring (bicyclic) bond motifs is 1. The highest BCUT2D eigenvalue weighted by atomic mass is 16.3. The molecule has 1 saturated heterocycles. The maximum atomic E-state index is 12.4. The first-order valence-electron chi connectivity index (χ1n) is 8.31. The zero-order valence-corrected chi connectivity index (χ0v) is 14.3. The number of anilines is 1. The molecular formula is C18H25N3O2. The van der Waals surface area contributed by atoms with Crippen LogP contribution in [0, 0.1) is 0 Å². The lowest BCUT2D eigenvalue weighted by Crippen LogP contribution is -2.39. The van der Waals surface area contributed by atoms with Gasteiger partial charge in [0.15, 0.2) is 5.58 Å². The van der Waals surface area contributed by atoms with E-state index >= 15 is 0 Å². The van der Waals surface area contributed by atoms with Crippen LogP contribution in [-0.4, -0.2) is 34.9 Å². The van der Waals surface area contributed by atoms with Crippen LogP contribution in [0.3, 0.4) is 0 Å². The molecule has 0 bridgehead atoms. The summed E-state index contributed by atoms with van der Waals surface area (Å²) in [6, 6.07) is 5.56. The molecule has 1 aromatic carbocycles. The minimum Gasteiger partial charge on any atom is -0.440 e. The van der Waals surface area contributed by atoms with Crippen molar-refractivity contribution < 1.29 is 9.21 Å². The molecule has 5 heteroatoms. The quantitative estimate of drug-likeness (QED) is 0.941. The number of hydrogen-bond acceptors (Lipinski definition) is 4. The van der Waals surface area contributed by atoms with Crippen molar-refractivity contribution in [1.82, 2.24) is 9.88 Å². The van der Waals surface area contributed by atoms with Crippen LogP contribution < -0.4 is 5.32 Å². The summed E-state index contributed by atoms with van der Waals surface area (Å²) >= 11 is 0. The summed E-state index contributed by atoms with van der Waals surface area (Å²) in [5.74, 6) is 0.893. The Labute approximate surface area is 137 Å². The lowest BCUT2D eigenvalue weighted by Gasteiger charge is -2.21. The fraction of sp³-hybridized carbons (Fsp3) is 0.556. The van der Waals surface area contributed by atoms with Gasteiger partial charge >= 0.3 is 0 Å². The third kappa shape index (κ3) is 3.33. The summed E-state index contributed by atoms with van der Waals surface area (Å²) < 4.78 is 5.81. The Kier molecular flexibility index (Phi) is 4.04. The molecule has 1 aliphatic heterocycles. The third-order valence-electron chi connectivity index (χ3n) is 4.20. The van der Waals surface area contributed by atoms with Gasteiger partial charge in [-0.3, -0.25) is 4.79 Å². The highest BCUT2D eigenvalue weighted by molar-refractivity contribution is 5.85. The standard InChI is InChI=1S/C18H25N3O2/c1-12(16(22)21-9-5-6-10-21)19-13-7-8-15-14(11-13)20-17(23-15)18(2,3)4/h7-8,11-12,19H,5-6,9-10H2,1-4H3/t12-/m1/s1. The number of amides is 1. The van der Waals surface area contributed by atoms with Gasteiger partial charge in [-0.1, -0.05) is 20.8 Å². The Morgan fingerprint density at radius 3 is 2.65 bits per heavy atom. The number of likely N-dealkylation sites (tertiary alicyclic amines) is 1. The molecule has 2 aromatic rings. The summed E-state index contributed by atoms with van der Waals surface area (Å²) in [7, 11) is 0. The number of nitrogens with one attached hydrogen (secondary N) is 1. The summed E-state index contributed by atoms with van der Waals surface area (Å²) in [6.07, 6.45) is 2.22. The summed E-state index contributed by atoms with van der Waals surface area (Å²) in [5, 5.41) is 3.29. The highest BCUT2D eigenvalue weighted by Gasteiger charge is 2.24. The van der Waals surface area contributed by atoms with Gasteiger partial charge in [-0.2, -0.15) is 0 Å². The van der Waals surface area contributed by atoms with Crippen molar-refractivity contribution >= 4 is 22.7 Å². The van der Waals surface area contributed by atoms with E-state index in [0.717, 1.165) is 48.6 Å². The van der Waals surface area contributed by atoms with Crippen molar-refractivity contribution in [3.05, 3.63) is 24.1 Å². The Morgan fingerprint density at radius 1 is 1.30 bits per heavy atom. The van der Waals surface area contributed by atoms with Crippen LogP contribution in [0.25, 0.3) is 11.1 Å². The average molecular weight is 315 g/mol. The molecule has 1 atom stereocenters. The second-order valence-electron chi connectivity index (χ2n) is 7.35. The molecule has 0 radical (unpaired) electrons. The number of carbonyl (C=O) groups excluding carboxylic acids is 1. The van der Waals surface area contributed by atoms with E-state index in [0.29, 0.717) is 0 Å². The van der Waals surface area contributed by atoms with Crippen LogP contribution in [0.5, 0.6) is 0 Å². The first kappa shape index (κ1) is 15.8. The fourth-order valence-electron chi connectivity index (χ4n) is 2.86. The van der Waals surface area contributed by atoms with Gasteiger partial charge in [0.05, 0.1) is 0 Å². The topological polar surface area (TPSA) is 58.4 Å². The molecule has 0 unspecified atom stereocenters. The lowest BCUT2D eigenvalue weighted by atomic mass is 9.97. The van der Waals surface area contributed by atoms with Crippen LogP contribution in [-0.2, 0) is 10.2 Å². The first-order valence-corrected chi connectivity index (χ1v) is 8.31. The van der Waals surface area contributed by atoms with Crippen molar-refractivity contribution in [2.45, 2.75) is 52.0 Å². The van der Waals surface area contributed by atoms with Crippen LogP contribution >= 0.6 is 0 Å². The van der Waals surface area contributed by atoms with Crippen molar-refractivity contribution in [2.24, 2.45) is 0 Å². The zero-order chi connectivity index (χ0) is 16.6. The Balaban J connectivity index is 1.76. The third-order valence-corrected chi connectivity index (χ3v) is 4.20. The van der Waals surface area contributed by atoms with Crippen molar-refractivity contribution in [3.63, 3.8) is 0 Å². The van der Waals surface area contributed by atoms with E-state index in [1.807, 2.05) is 30.0 Å². The second kappa shape index (κ2) is 5.87. The van der Waals surface area contributed by atoms with Crippen molar-refractivity contribution in [3.8, 4) is 0 Å². The van der Waals surface area contributed by atoms with Crippen LogP contribution in [0.4, 0.5) is 5.69 Å². The number of hydrogen-bond donors (Lipinski definition) is 1. The van der Waals surface area contributed by atoms with E-state index in [1.54, 1.807) is 0 Å². The summed E-state index contributed by atoms with van der Waals surface area (Å²) in [6.45, 7) is 9.90. The molecule has 0 spiro atoms. The predicted molar refractivity (Wildman–Crippen MR) is 91.6 cm³/mol. The van der Waals surface area contributed by atoms with E-state index in [-0.39, 0.29) is 17.4 Å². The van der Waals surface area contributed by atoms with Crippen LogP contribution in [0.15, 0.2) is 22.6 Å². The fourth-order valence-corrected chi connectivity index (χ4v) is 2.86. The van der Waals surface area contributed by atoms with Gasteiger partial charge in [-0.15, -0.1) is 0 Å². The van der Waals surface area contributed by atoms with Gasteiger partial charge in [0.25, 0.3) is 0 Å². The van der Waals surface area contributed by atoms with E-state index in [9.17, 15) is 4.79 Å². The Bertz CT molecular complexity index is 709. The zero-order valence-electron chi connectivity index (χ0n) is 14.3.